The molecule has 2 N–H and O–H groups in total. The van der Waals surface area contributed by atoms with Crippen molar-refractivity contribution in [1.82, 2.24) is 4.98 Å². The fourth-order valence-electron chi connectivity index (χ4n) is 5.59. The first-order chi connectivity index (χ1) is 20.0. The minimum atomic E-state index is -1.27. The van der Waals surface area contributed by atoms with Crippen LogP contribution in [0.2, 0.25) is 5.02 Å². The third kappa shape index (κ3) is 7.54. The number of carboxylic acids is 1. The van der Waals surface area contributed by atoms with Gasteiger partial charge in [-0.05, 0) is 91.5 Å². The van der Waals surface area contributed by atoms with Crippen LogP contribution >= 0.6 is 11.6 Å². The third-order valence-corrected chi connectivity index (χ3v) is 10.3. The smallest absolute Gasteiger partial charge is 0.303 e. The molecule has 0 radical (unpaired) electrons. The first-order valence-electron chi connectivity index (χ1n) is 14.3. The zero-order valence-corrected chi connectivity index (χ0v) is 25.5. The molecule has 2 atom stereocenters. The maximum absolute atomic E-state index is 14.0. The maximum Gasteiger partial charge on any atom is 0.303 e. The zero-order chi connectivity index (χ0) is 29.9. The Morgan fingerprint density at radius 2 is 1.81 bits per heavy atom. The van der Waals surface area contributed by atoms with Gasteiger partial charge in [-0.1, -0.05) is 78.3 Å². The standard InChI is InChI=1S/C35H36ClNO4S/c1-34(2,40)30-9-4-3-7-25(30)13-17-32(42(41)23-35(18-19-35)22-33(38)39)27-8-5-6-24(20-27)10-15-29-16-12-26-11-14-28(36)21-31(26)37-29/h3-12,14-16,20-21,32,40H,13,17-19,22-23H2,1-2H3,(H,38,39)/b15-10+/t32-,42-/m0/s1. The second-order valence-corrected chi connectivity index (χ2v) is 14.0. The lowest BCUT2D eigenvalue weighted by Crippen LogP contribution is -2.22. The Hall–Kier alpha value is -3.32. The van der Waals surface area contributed by atoms with E-state index >= 15 is 0 Å². The number of pyridine rings is 1. The molecular weight excluding hydrogens is 566 g/mol. The molecule has 0 bridgehead atoms. The number of aliphatic hydroxyl groups is 1. The Labute approximate surface area is 254 Å². The highest BCUT2D eigenvalue weighted by Crippen LogP contribution is 2.50. The quantitative estimate of drug-likeness (QED) is 0.172. The van der Waals surface area contributed by atoms with Crippen LogP contribution in [-0.4, -0.2) is 31.1 Å². The van der Waals surface area contributed by atoms with Crippen molar-refractivity contribution >= 4 is 51.4 Å². The van der Waals surface area contributed by atoms with E-state index in [2.05, 4.69) is 6.07 Å². The summed E-state index contributed by atoms with van der Waals surface area (Å²) in [4.78, 5) is 16.2. The van der Waals surface area contributed by atoms with Crippen LogP contribution in [0, 0.1) is 5.41 Å². The Morgan fingerprint density at radius 3 is 2.55 bits per heavy atom. The van der Waals surface area contributed by atoms with Crippen LogP contribution in [0.4, 0.5) is 0 Å². The summed E-state index contributed by atoms with van der Waals surface area (Å²) in [5, 5.41) is 21.6. The van der Waals surface area contributed by atoms with E-state index in [0.717, 1.165) is 51.7 Å². The van der Waals surface area contributed by atoms with Crippen LogP contribution in [0.15, 0.2) is 78.9 Å². The van der Waals surface area contributed by atoms with E-state index in [4.69, 9.17) is 16.6 Å². The van der Waals surface area contributed by atoms with Crippen LogP contribution in [0.1, 0.15) is 72.7 Å². The van der Waals surface area contributed by atoms with Gasteiger partial charge in [-0.15, -0.1) is 0 Å². The number of benzene rings is 3. The van der Waals surface area contributed by atoms with Crippen LogP contribution in [-0.2, 0) is 27.6 Å². The number of hydrogen-bond acceptors (Lipinski definition) is 4. The fourth-order valence-corrected chi connectivity index (χ4v) is 7.78. The predicted octanol–water partition coefficient (Wildman–Crippen LogP) is 7.96. The summed E-state index contributed by atoms with van der Waals surface area (Å²) in [6, 6.07) is 25.5. The monoisotopic (exact) mass is 601 g/mol. The largest absolute Gasteiger partial charge is 0.481 e. The zero-order valence-electron chi connectivity index (χ0n) is 23.9. The number of aromatic nitrogens is 1. The molecule has 5 rings (SSSR count). The number of aliphatic carboxylic acids is 1. The van der Waals surface area contributed by atoms with E-state index in [1.54, 1.807) is 13.8 Å². The molecule has 3 aromatic carbocycles. The van der Waals surface area contributed by atoms with Gasteiger partial charge in [-0.3, -0.25) is 9.00 Å². The molecule has 0 saturated heterocycles. The van der Waals surface area contributed by atoms with Crippen LogP contribution in [0.3, 0.4) is 0 Å². The van der Waals surface area contributed by atoms with Crippen molar-refractivity contribution < 1.29 is 19.2 Å². The van der Waals surface area contributed by atoms with E-state index < -0.39 is 22.4 Å². The van der Waals surface area contributed by atoms with Gasteiger partial charge in [0.1, 0.15) is 0 Å². The Bertz CT molecular complexity index is 1650. The highest BCUT2D eigenvalue weighted by Gasteiger charge is 2.46. The highest BCUT2D eigenvalue weighted by atomic mass is 35.5. The average molecular weight is 602 g/mol. The van der Waals surface area contributed by atoms with Gasteiger partial charge < -0.3 is 10.2 Å². The summed E-state index contributed by atoms with van der Waals surface area (Å²) in [7, 11) is -1.27. The minimum Gasteiger partial charge on any atom is -0.481 e. The minimum absolute atomic E-state index is 0.0553. The van der Waals surface area contributed by atoms with Crippen LogP contribution in [0.25, 0.3) is 23.1 Å². The Morgan fingerprint density at radius 1 is 1.05 bits per heavy atom. The molecule has 5 nitrogen and oxygen atoms in total. The fraction of sp³-hybridized carbons (Fsp3) is 0.314. The summed E-state index contributed by atoms with van der Waals surface area (Å²) in [6.07, 6.45) is 6.86. The van der Waals surface area contributed by atoms with Crippen molar-refractivity contribution in [1.29, 1.82) is 0 Å². The number of fused-ring (bicyclic) bond motifs is 1. The number of nitrogens with zero attached hydrogens (tertiary/aromatic N) is 1. The molecule has 4 aromatic rings. The van der Waals surface area contributed by atoms with Crippen molar-refractivity contribution in [3.05, 3.63) is 112 Å². The Balaban J connectivity index is 1.41. The summed E-state index contributed by atoms with van der Waals surface area (Å²) in [6.45, 7) is 3.55. The van der Waals surface area contributed by atoms with Gasteiger partial charge in [0.15, 0.2) is 0 Å². The number of carboxylic acid groups (broad SMARTS) is 1. The van der Waals surface area contributed by atoms with E-state index in [-0.39, 0.29) is 17.1 Å². The molecule has 42 heavy (non-hydrogen) atoms. The Kier molecular flexibility index (Phi) is 8.97. The second-order valence-electron chi connectivity index (χ2n) is 11.9. The van der Waals surface area contributed by atoms with E-state index in [9.17, 15) is 19.2 Å². The third-order valence-electron chi connectivity index (χ3n) is 8.01. The SMILES string of the molecule is CC(C)(O)c1ccccc1CC[C@@H](c1cccc(/C=C/c2ccc3ccc(Cl)cc3n2)c1)[S@@](=O)CC1(CC(=O)O)CC1. The molecule has 218 valence electrons. The van der Waals surface area contributed by atoms with E-state index in [0.29, 0.717) is 23.6 Å². The number of hydrogen-bond donors (Lipinski definition) is 2. The maximum atomic E-state index is 14.0. The molecule has 0 spiro atoms. The number of rotatable bonds is 12. The van der Waals surface area contributed by atoms with Crippen molar-refractivity contribution in [2.75, 3.05) is 5.75 Å². The van der Waals surface area contributed by atoms with Gasteiger partial charge in [0.25, 0.3) is 0 Å². The topological polar surface area (TPSA) is 87.5 Å². The average Bonchev–Trinajstić information content (AvgIpc) is 3.69. The van der Waals surface area contributed by atoms with Gasteiger partial charge in [0, 0.05) is 27.0 Å². The van der Waals surface area contributed by atoms with Crippen molar-refractivity contribution in [2.24, 2.45) is 5.41 Å². The van der Waals surface area contributed by atoms with Gasteiger partial charge in [0.05, 0.1) is 28.5 Å². The number of carbonyl (C=O) groups is 1. The molecule has 0 aliphatic heterocycles. The normalized spacial score (nSPS) is 16.0. The van der Waals surface area contributed by atoms with Crippen molar-refractivity contribution in [3.8, 4) is 0 Å². The molecule has 1 aliphatic rings. The van der Waals surface area contributed by atoms with Gasteiger partial charge >= 0.3 is 5.97 Å². The lowest BCUT2D eigenvalue weighted by atomic mass is 9.90. The van der Waals surface area contributed by atoms with E-state index in [1.165, 1.54) is 0 Å². The summed E-state index contributed by atoms with van der Waals surface area (Å²) >= 11 is 6.16. The molecule has 1 fully saturated rings. The van der Waals surface area contributed by atoms with Crippen LogP contribution in [0.5, 0.6) is 0 Å². The summed E-state index contributed by atoms with van der Waals surface area (Å²) in [5.74, 6) is -0.461. The van der Waals surface area contributed by atoms with Gasteiger partial charge in [0.2, 0.25) is 0 Å². The van der Waals surface area contributed by atoms with E-state index in [1.807, 2.05) is 84.9 Å². The predicted molar refractivity (Wildman–Crippen MR) is 172 cm³/mol. The molecular formula is C35H36ClNO4S. The van der Waals surface area contributed by atoms with Gasteiger partial charge in [-0.2, -0.15) is 0 Å². The molecule has 7 heteroatoms. The lowest BCUT2D eigenvalue weighted by Gasteiger charge is -2.24. The molecule has 1 aromatic heterocycles. The van der Waals surface area contributed by atoms with Crippen molar-refractivity contribution in [2.45, 2.75) is 56.8 Å². The number of halogens is 1. The number of aryl methyl sites for hydroxylation is 1. The first kappa shape index (κ1) is 30.1. The van der Waals surface area contributed by atoms with Gasteiger partial charge in [-0.25, -0.2) is 4.98 Å². The molecule has 1 heterocycles. The summed E-state index contributed by atoms with van der Waals surface area (Å²) in [5.41, 5.74) is 4.09. The second kappa shape index (κ2) is 12.5. The molecule has 1 aliphatic carbocycles. The molecule has 0 unspecified atom stereocenters. The van der Waals surface area contributed by atoms with Crippen LogP contribution < -0.4 is 0 Å². The van der Waals surface area contributed by atoms with Crippen molar-refractivity contribution in [3.63, 3.8) is 0 Å². The molecule has 1 saturated carbocycles. The molecule has 0 amide bonds. The highest BCUT2D eigenvalue weighted by molar-refractivity contribution is 7.85. The first-order valence-corrected chi connectivity index (χ1v) is 16.0. The lowest BCUT2D eigenvalue weighted by molar-refractivity contribution is -0.138. The summed E-state index contributed by atoms with van der Waals surface area (Å²) < 4.78 is 14.0.